The fourth-order valence-corrected chi connectivity index (χ4v) is 2.20. The number of aromatic nitrogens is 1. The van der Waals surface area contributed by atoms with E-state index in [0.717, 1.165) is 11.6 Å². The highest BCUT2D eigenvalue weighted by atomic mass is 19.1. The minimum absolute atomic E-state index is 0.00453. The Morgan fingerprint density at radius 2 is 2.08 bits per heavy atom. The third kappa shape index (κ3) is 5.07. The molecule has 0 saturated carbocycles. The van der Waals surface area contributed by atoms with E-state index in [1.165, 1.54) is 11.0 Å². The van der Waals surface area contributed by atoms with Gasteiger partial charge in [-0.05, 0) is 31.7 Å². The number of halogens is 2. The van der Waals surface area contributed by atoms with Gasteiger partial charge in [0.15, 0.2) is 0 Å². The van der Waals surface area contributed by atoms with Gasteiger partial charge in [-0.15, -0.1) is 0 Å². The van der Waals surface area contributed by atoms with E-state index in [1.807, 2.05) is 13.0 Å². The molecule has 2 N–H and O–H groups in total. The predicted octanol–water partition coefficient (Wildman–Crippen LogP) is 2.27. The molecule has 0 fully saturated rings. The van der Waals surface area contributed by atoms with Gasteiger partial charge >= 0.3 is 0 Å². The summed E-state index contributed by atoms with van der Waals surface area (Å²) < 4.78 is 26.5. The van der Waals surface area contributed by atoms with E-state index in [-0.39, 0.29) is 24.6 Å². The number of aliphatic hydroxyl groups excluding tert-OH is 1. The molecule has 5 nitrogen and oxygen atoms in total. The molecule has 1 aromatic carbocycles. The van der Waals surface area contributed by atoms with Gasteiger partial charge in [0.1, 0.15) is 17.5 Å². The zero-order chi connectivity index (χ0) is 17.7. The van der Waals surface area contributed by atoms with Crippen LogP contribution in [0.4, 0.5) is 14.6 Å². The summed E-state index contributed by atoms with van der Waals surface area (Å²) in [5.41, 5.74) is 0.971. The van der Waals surface area contributed by atoms with Crippen LogP contribution in [0.3, 0.4) is 0 Å². The monoisotopic (exact) mass is 335 g/mol. The van der Waals surface area contributed by atoms with Crippen LogP contribution in [0.15, 0.2) is 36.5 Å². The Bertz CT molecular complexity index is 707. The SMILES string of the molecule is Cc1ccc(NC(=O)CN(C)CC(O)c2ccc(F)cc2F)nc1. The highest BCUT2D eigenvalue weighted by Gasteiger charge is 2.17. The number of pyridine rings is 1. The average Bonchev–Trinajstić information content (AvgIpc) is 2.49. The second kappa shape index (κ2) is 7.94. The molecular formula is C17H19F2N3O2. The molecule has 0 spiro atoms. The Hall–Kier alpha value is -2.38. The number of hydrogen-bond acceptors (Lipinski definition) is 4. The first-order valence-electron chi connectivity index (χ1n) is 7.39. The van der Waals surface area contributed by atoms with Crippen molar-refractivity contribution in [3.8, 4) is 0 Å². The van der Waals surface area contributed by atoms with Crippen molar-refractivity contribution in [3.05, 3.63) is 59.3 Å². The van der Waals surface area contributed by atoms with Gasteiger partial charge in [0.05, 0.1) is 12.6 Å². The smallest absolute Gasteiger partial charge is 0.239 e. The lowest BCUT2D eigenvalue weighted by atomic mass is 10.1. The van der Waals surface area contributed by atoms with Gasteiger partial charge in [-0.2, -0.15) is 0 Å². The molecule has 2 rings (SSSR count). The lowest BCUT2D eigenvalue weighted by Gasteiger charge is -2.20. The minimum atomic E-state index is -1.17. The molecule has 1 amide bonds. The first-order valence-corrected chi connectivity index (χ1v) is 7.39. The van der Waals surface area contributed by atoms with Gasteiger partial charge in [-0.3, -0.25) is 9.69 Å². The molecule has 1 unspecified atom stereocenters. The van der Waals surface area contributed by atoms with E-state index < -0.39 is 17.7 Å². The number of carbonyl (C=O) groups excluding carboxylic acids is 1. The summed E-state index contributed by atoms with van der Waals surface area (Å²) in [5, 5.41) is 12.7. The highest BCUT2D eigenvalue weighted by Crippen LogP contribution is 2.18. The number of anilines is 1. The normalized spacial score (nSPS) is 12.2. The average molecular weight is 335 g/mol. The van der Waals surface area contributed by atoms with Crippen LogP contribution in [0.25, 0.3) is 0 Å². The van der Waals surface area contributed by atoms with Crippen molar-refractivity contribution in [1.29, 1.82) is 0 Å². The van der Waals surface area contributed by atoms with Gasteiger partial charge in [0.2, 0.25) is 5.91 Å². The number of hydrogen-bond donors (Lipinski definition) is 2. The van der Waals surface area contributed by atoms with Crippen molar-refractivity contribution in [2.24, 2.45) is 0 Å². The summed E-state index contributed by atoms with van der Waals surface area (Å²) in [6, 6.07) is 6.51. The predicted molar refractivity (Wildman–Crippen MR) is 86.4 cm³/mol. The Kier molecular flexibility index (Phi) is 5.94. The molecule has 1 atom stereocenters. The number of rotatable bonds is 6. The minimum Gasteiger partial charge on any atom is -0.387 e. The van der Waals surface area contributed by atoms with Crippen molar-refractivity contribution in [2.75, 3.05) is 25.5 Å². The van der Waals surface area contributed by atoms with E-state index in [9.17, 15) is 18.7 Å². The Balaban J connectivity index is 1.88. The lowest BCUT2D eigenvalue weighted by molar-refractivity contribution is -0.117. The summed E-state index contributed by atoms with van der Waals surface area (Å²) in [5.74, 6) is -1.39. The van der Waals surface area contributed by atoms with E-state index in [4.69, 9.17) is 0 Å². The van der Waals surface area contributed by atoms with Crippen LogP contribution in [0.2, 0.25) is 0 Å². The van der Waals surface area contributed by atoms with Gasteiger partial charge in [-0.25, -0.2) is 13.8 Å². The second-order valence-corrected chi connectivity index (χ2v) is 5.65. The molecule has 0 aliphatic heterocycles. The first-order chi connectivity index (χ1) is 11.3. The van der Waals surface area contributed by atoms with Gasteiger partial charge in [0.25, 0.3) is 0 Å². The number of aryl methyl sites for hydroxylation is 1. The molecule has 0 radical (unpaired) electrons. The van der Waals surface area contributed by atoms with E-state index in [2.05, 4.69) is 10.3 Å². The summed E-state index contributed by atoms with van der Waals surface area (Å²) in [6.45, 7) is 1.91. The second-order valence-electron chi connectivity index (χ2n) is 5.65. The number of aliphatic hydroxyl groups is 1. The van der Waals surface area contributed by atoms with Crippen LogP contribution < -0.4 is 5.32 Å². The molecule has 1 heterocycles. The number of likely N-dealkylation sites (N-methyl/N-ethyl adjacent to an activating group) is 1. The maximum absolute atomic E-state index is 13.6. The van der Waals surface area contributed by atoms with Crippen LogP contribution in [-0.4, -0.2) is 41.0 Å². The van der Waals surface area contributed by atoms with Crippen LogP contribution in [-0.2, 0) is 4.79 Å². The van der Waals surface area contributed by atoms with Crippen LogP contribution in [0.5, 0.6) is 0 Å². The molecule has 0 aliphatic carbocycles. The Morgan fingerprint density at radius 3 is 2.71 bits per heavy atom. The summed E-state index contributed by atoms with van der Waals surface area (Å²) in [6.07, 6.45) is 0.473. The molecule has 0 aliphatic rings. The summed E-state index contributed by atoms with van der Waals surface area (Å²) >= 11 is 0. The van der Waals surface area contributed by atoms with Crippen LogP contribution in [0, 0.1) is 18.6 Å². The highest BCUT2D eigenvalue weighted by molar-refractivity contribution is 5.91. The molecule has 1 aromatic heterocycles. The molecule has 7 heteroatoms. The summed E-state index contributed by atoms with van der Waals surface area (Å²) in [7, 11) is 1.62. The third-order valence-corrected chi connectivity index (χ3v) is 3.40. The number of carbonyl (C=O) groups is 1. The molecule has 24 heavy (non-hydrogen) atoms. The number of amides is 1. The van der Waals surface area contributed by atoms with Crippen LogP contribution in [0.1, 0.15) is 17.2 Å². The number of nitrogens with zero attached hydrogens (tertiary/aromatic N) is 2. The third-order valence-electron chi connectivity index (χ3n) is 3.40. The Morgan fingerprint density at radius 1 is 1.33 bits per heavy atom. The van der Waals surface area contributed by atoms with Crippen molar-refractivity contribution in [2.45, 2.75) is 13.0 Å². The largest absolute Gasteiger partial charge is 0.387 e. The maximum Gasteiger partial charge on any atom is 0.239 e. The van der Waals surface area contributed by atoms with Crippen molar-refractivity contribution < 1.29 is 18.7 Å². The summed E-state index contributed by atoms with van der Waals surface area (Å²) in [4.78, 5) is 17.5. The number of nitrogens with one attached hydrogen (secondary N) is 1. The molecule has 0 bridgehead atoms. The molecule has 0 saturated heterocycles. The van der Waals surface area contributed by atoms with Crippen molar-refractivity contribution >= 4 is 11.7 Å². The van der Waals surface area contributed by atoms with Crippen molar-refractivity contribution in [3.63, 3.8) is 0 Å². The molecule has 2 aromatic rings. The zero-order valence-corrected chi connectivity index (χ0v) is 13.5. The standard InChI is InChI=1S/C17H19F2N3O2/c1-11-3-6-16(20-8-11)21-17(24)10-22(2)9-15(23)13-5-4-12(18)7-14(13)19/h3-8,15,23H,9-10H2,1-2H3,(H,20,21,24). The van der Waals surface area contributed by atoms with Crippen LogP contribution >= 0.6 is 0 Å². The van der Waals surface area contributed by atoms with Gasteiger partial charge in [0, 0.05) is 24.4 Å². The maximum atomic E-state index is 13.6. The molecular weight excluding hydrogens is 316 g/mol. The zero-order valence-electron chi connectivity index (χ0n) is 13.5. The van der Waals surface area contributed by atoms with E-state index in [1.54, 1.807) is 19.3 Å². The topological polar surface area (TPSA) is 65.5 Å². The van der Waals surface area contributed by atoms with Gasteiger partial charge in [-0.1, -0.05) is 12.1 Å². The Labute approximate surface area is 138 Å². The fraction of sp³-hybridized carbons (Fsp3) is 0.294. The van der Waals surface area contributed by atoms with Crippen molar-refractivity contribution in [1.82, 2.24) is 9.88 Å². The quantitative estimate of drug-likeness (QED) is 0.850. The van der Waals surface area contributed by atoms with E-state index >= 15 is 0 Å². The number of benzene rings is 1. The molecule has 128 valence electrons. The first kappa shape index (κ1) is 18.0. The van der Waals surface area contributed by atoms with Gasteiger partial charge < -0.3 is 10.4 Å². The lowest BCUT2D eigenvalue weighted by Crippen LogP contribution is -2.33. The fourth-order valence-electron chi connectivity index (χ4n) is 2.20. The van der Waals surface area contributed by atoms with E-state index in [0.29, 0.717) is 11.9 Å².